The van der Waals surface area contributed by atoms with E-state index in [1.807, 2.05) is 13.8 Å². The van der Waals surface area contributed by atoms with Crippen molar-refractivity contribution in [2.24, 2.45) is 5.41 Å². The van der Waals surface area contributed by atoms with Gasteiger partial charge < -0.3 is 5.32 Å². The number of hydrogen-bond acceptors (Lipinski definition) is 1. The number of halogens is 4. The molecule has 0 fully saturated rings. The van der Waals surface area contributed by atoms with E-state index in [0.717, 1.165) is 18.9 Å². The number of nitrogens with one attached hydrogen (secondary N) is 1. The SMILES string of the molecule is CCC(CC)(CCl)CNc1ccccc1C(F)(F)F. The quantitative estimate of drug-likeness (QED) is 0.714. The first-order valence-electron chi connectivity index (χ1n) is 6.34. The Morgan fingerprint density at radius 1 is 1.11 bits per heavy atom. The molecule has 1 rings (SSSR count). The van der Waals surface area contributed by atoms with Crippen molar-refractivity contribution in [2.45, 2.75) is 32.9 Å². The minimum Gasteiger partial charge on any atom is -0.384 e. The van der Waals surface area contributed by atoms with Gasteiger partial charge in [-0.25, -0.2) is 0 Å². The highest BCUT2D eigenvalue weighted by atomic mass is 35.5. The number of alkyl halides is 4. The molecule has 0 unspecified atom stereocenters. The second-order valence-corrected chi connectivity index (χ2v) is 5.00. The summed E-state index contributed by atoms with van der Waals surface area (Å²) in [5, 5.41) is 2.91. The molecule has 108 valence electrons. The summed E-state index contributed by atoms with van der Waals surface area (Å²) >= 11 is 5.96. The van der Waals surface area contributed by atoms with Crippen LogP contribution >= 0.6 is 11.6 Å². The van der Waals surface area contributed by atoms with Crippen LogP contribution in [-0.4, -0.2) is 12.4 Å². The average Bonchev–Trinajstić information content (AvgIpc) is 2.40. The molecule has 0 heterocycles. The predicted octanol–water partition coefficient (Wildman–Crippen LogP) is 5.16. The van der Waals surface area contributed by atoms with Crippen LogP contribution in [0.2, 0.25) is 0 Å². The molecule has 0 atom stereocenters. The molecule has 0 saturated heterocycles. The maximum Gasteiger partial charge on any atom is 0.418 e. The molecular formula is C14H19ClF3N. The zero-order chi connectivity index (χ0) is 14.5. The molecule has 0 amide bonds. The summed E-state index contributed by atoms with van der Waals surface area (Å²) in [6.07, 6.45) is -2.69. The van der Waals surface area contributed by atoms with Gasteiger partial charge in [0.05, 0.1) is 5.56 Å². The molecular weight excluding hydrogens is 275 g/mol. The number of benzene rings is 1. The van der Waals surface area contributed by atoms with E-state index in [-0.39, 0.29) is 11.1 Å². The summed E-state index contributed by atoms with van der Waals surface area (Å²) in [5.41, 5.74) is -0.683. The molecule has 5 heteroatoms. The molecule has 0 aliphatic heterocycles. The van der Waals surface area contributed by atoms with Gasteiger partial charge in [0, 0.05) is 23.5 Å². The summed E-state index contributed by atoms with van der Waals surface area (Å²) < 4.78 is 38.5. The third-order valence-electron chi connectivity index (χ3n) is 3.67. The fourth-order valence-electron chi connectivity index (χ4n) is 1.90. The molecule has 0 saturated carbocycles. The van der Waals surface area contributed by atoms with Gasteiger partial charge in [-0.2, -0.15) is 13.2 Å². The van der Waals surface area contributed by atoms with Crippen molar-refractivity contribution in [3.8, 4) is 0 Å². The van der Waals surface area contributed by atoms with Crippen molar-refractivity contribution in [3.63, 3.8) is 0 Å². The third-order valence-corrected chi connectivity index (χ3v) is 4.24. The summed E-state index contributed by atoms with van der Waals surface area (Å²) in [6, 6.07) is 5.52. The van der Waals surface area contributed by atoms with E-state index in [9.17, 15) is 13.2 Å². The van der Waals surface area contributed by atoms with Crippen molar-refractivity contribution in [2.75, 3.05) is 17.7 Å². The minimum absolute atomic E-state index is 0.117. The van der Waals surface area contributed by atoms with Gasteiger partial charge in [0.25, 0.3) is 0 Å². The van der Waals surface area contributed by atoms with Crippen LogP contribution < -0.4 is 5.32 Å². The summed E-state index contributed by atoms with van der Waals surface area (Å²) in [4.78, 5) is 0. The molecule has 1 aromatic carbocycles. The van der Waals surface area contributed by atoms with E-state index in [0.29, 0.717) is 12.4 Å². The summed E-state index contributed by atoms with van der Waals surface area (Å²) in [7, 11) is 0. The van der Waals surface area contributed by atoms with Crippen LogP contribution in [0.15, 0.2) is 24.3 Å². The fourth-order valence-corrected chi connectivity index (χ4v) is 2.38. The maximum absolute atomic E-state index is 12.8. The van der Waals surface area contributed by atoms with Gasteiger partial charge in [-0.05, 0) is 25.0 Å². The highest BCUT2D eigenvalue weighted by Crippen LogP contribution is 2.36. The van der Waals surface area contributed by atoms with Crippen molar-refractivity contribution in [1.29, 1.82) is 0 Å². The monoisotopic (exact) mass is 293 g/mol. The van der Waals surface area contributed by atoms with Crippen LogP contribution in [0.25, 0.3) is 0 Å². The van der Waals surface area contributed by atoms with E-state index in [1.54, 1.807) is 6.07 Å². The molecule has 0 aliphatic rings. The van der Waals surface area contributed by atoms with Gasteiger partial charge in [0.1, 0.15) is 0 Å². The number of para-hydroxylation sites is 1. The first-order chi connectivity index (χ1) is 8.88. The van der Waals surface area contributed by atoms with Gasteiger partial charge in [-0.3, -0.25) is 0 Å². The van der Waals surface area contributed by atoms with Crippen LogP contribution in [0, 0.1) is 5.41 Å². The van der Waals surface area contributed by atoms with Crippen molar-refractivity contribution >= 4 is 17.3 Å². The standard InChI is InChI=1S/C14H19ClF3N/c1-3-13(4-2,9-15)10-19-12-8-6-5-7-11(12)14(16,17)18/h5-8,19H,3-4,9-10H2,1-2H3. The highest BCUT2D eigenvalue weighted by molar-refractivity contribution is 6.18. The number of rotatable bonds is 6. The lowest BCUT2D eigenvalue weighted by Crippen LogP contribution is -2.31. The van der Waals surface area contributed by atoms with E-state index in [4.69, 9.17) is 11.6 Å². The Hall–Kier alpha value is -0.900. The Morgan fingerprint density at radius 2 is 1.68 bits per heavy atom. The lowest BCUT2D eigenvalue weighted by atomic mass is 9.84. The largest absolute Gasteiger partial charge is 0.418 e. The maximum atomic E-state index is 12.8. The van der Waals surface area contributed by atoms with Gasteiger partial charge in [0.2, 0.25) is 0 Å². The molecule has 0 spiro atoms. The van der Waals surface area contributed by atoms with Gasteiger partial charge >= 0.3 is 6.18 Å². The zero-order valence-electron chi connectivity index (χ0n) is 11.1. The Kier molecular flexibility index (Phi) is 5.53. The molecule has 1 N–H and O–H groups in total. The number of hydrogen-bond donors (Lipinski definition) is 1. The molecule has 1 nitrogen and oxygen atoms in total. The lowest BCUT2D eigenvalue weighted by molar-refractivity contribution is -0.137. The van der Waals surface area contributed by atoms with E-state index in [1.165, 1.54) is 12.1 Å². The second kappa shape index (κ2) is 6.51. The Labute approximate surface area is 117 Å². The lowest BCUT2D eigenvalue weighted by Gasteiger charge is -2.30. The Morgan fingerprint density at radius 3 is 2.16 bits per heavy atom. The van der Waals surface area contributed by atoms with E-state index < -0.39 is 11.7 Å². The van der Waals surface area contributed by atoms with Crippen molar-refractivity contribution < 1.29 is 13.2 Å². The Balaban J connectivity index is 2.89. The first kappa shape index (κ1) is 16.2. The van der Waals surface area contributed by atoms with E-state index in [2.05, 4.69) is 5.32 Å². The van der Waals surface area contributed by atoms with Crippen LogP contribution in [0.1, 0.15) is 32.3 Å². The number of anilines is 1. The van der Waals surface area contributed by atoms with Gasteiger partial charge in [-0.1, -0.05) is 26.0 Å². The average molecular weight is 294 g/mol. The molecule has 0 aliphatic carbocycles. The first-order valence-corrected chi connectivity index (χ1v) is 6.88. The van der Waals surface area contributed by atoms with Crippen molar-refractivity contribution in [3.05, 3.63) is 29.8 Å². The third kappa shape index (κ3) is 4.03. The molecule has 19 heavy (non-hydrogen) atoms. The second-order valence-electron chi connectivity index (χ2n) is 4.74. The predicted molar refractivity (Wildman–Crippen MR) is 73.7 cm³/mol. The van der Waals surface area contributed by atoms with E-state index >= 15 is 0 Å². The zero-order valence-corrected chi connectivity index (χ0v) is 11.9. The van der Waals surface area contributed by atoms with Crippen LogP contribution in [0.4, 0.5) is 18.9 Å². The fraction of sp³-hybridized carbons (Fsp3) is 0.571. The summed E-state index contributed by atoms with van der Waals surface area (Å²) in [5.74, 6) is 0.432. The molecule has 1 aromatic rings. The van der Waals surface area contributed by atoms with Crippen LogP contribution in [0.3, 0.4) is 0 Å². The molecule has 0 aromatic heterocycles. The Bertz CT molecular complexity index is 392. The normalized spacial score (nSPS) is 12.5. The van der Waals surface area contributed by atoms with Gasteiger partial charge in [0.15, 0.2) is 0 Å². The molecule has 0 radical (unpaired) electrons. The van der Waals surface area contributed by atoms with Crippen molar-refractivity contribution in [1.82, 2.24) is 0 Å². The smallest absolute Gasteiger partial charge is 0.384 e. The highest BCUT2D eigenvalue weighted by Gasteiger charge is 2.34. The van der Waals surface area contributed by atoms with Gasteiger partial charge in [-0.15, -0.1) is 11.6 Å². The topological polar surface area (TPSA) is 12.0 Å². The molecule has 0 bridgehead atoms. The van der Waals surface area contributed by atoms with Crippen LogP contribution in [0.5, 0.6) is 0 Å². The summed E-state index contributed by atoms with van der Waals surface area (Å²) in [6.45, 7) is 4.45. The van der Waals surface area contributed by atoms with Crippen LogP contribution in [-0.2, 0) is 6.18 Å². The minimum atomic E-state index is -4.34.